The molecule has 1 spiro atoms. The zero-order valence-electron chi connectivity index (χ0n) is 6.94. The van der Waals surface area contributed by atoms with Crippen LogP contribution in [0.15, 0.2) is 18.5 Å². The van der Waals surface area contributed by atoms with Crippen molar-refractivity contribution in [1.82, 2.24) is 9.78 Å². The Labute approximate surface area is 71.3 Å². The maximum atomic E-state index is 5.73. The summed E-state index contributed by atoms with van der Waals surface area (Å²) in [6, 6.07) is 2.49. The topological polar surface area (TPSA) is 27.1 Å². The van der Waals surface area contributed by atoms with Gasteiger partial charge < -0.3 is 4.74 Å². The Morgan fingerprint density at radius 1 is 1.50 bits per heavy atom. The molecule has 3 rings (SSSR count). The minimum atomic E-state index is 0.187. The van der Waals surface area contributed by atoms with Crippen molar-refractivity contribution in [1.29, 1.82) is 0 Å². The second kappa shape index (κ2) is 2.10. The minimum absolute atomic E-state index is 0.187. The summed E-state index contributed by atoms with van der Waals surface area (Å²) < 4.78 is 7.78. The molecule has 1 aromatic heterocycles. The monoisotopic (exact) mass is 164 g/mol. The molecule has 0 amide bonds. The molecule has 1 aromatic rings. The van der Waals surface area contributed by atoms with E-state index in [1.54, 1.807) is 0 Å². The van der Waals surface area contributed by atoms with Crippen LogP contribution in [-0.4, -0.2) is 22.0 Å². The standard InChI is InChI=1S/C9H12N2O/c1-5-10-11(6-1)8-2-7-12-9(8)3-4-9/h1,5-6,8H,2-4,7H2. The lowest BCUT2D eigenvalue weighted by Gasteiger charge is -2.17. The van der Waals surface area contributed by atoms with Crippen molar-refractivity contribution in [3.63, 3.8) is 0 Å². The summed E-state index contributed by atoms with van der Waals surface area (Å²) in [6.45, 7) is 0.907. The number of hydrogen-bond donors (Lipinski definition) is 0. The van der Waals surface area contributed by atoms with Crippen molar-refractivity contribution in [2.24, 2.45) is 0 Å². The summed E-state index contributed by atoms with van der Waals surface area (Å²) in [6.07, 6.45) is 7.45. The molecule has 0 aromatic carbocycles. The van der Waals surface area contributed by atoms with E-state index in [2.05, 4.69) is 9.78 Å². The molecule has 1 aliphatic heterocycles. The van der Waals surface area contributed by atoms with Crippen LogP contribution < -0.4 is 0 Å². The van der Waals surface area contributed by atoms with Crippen LogP contribution in [-0.2, 0) is 4.74 Å². The van der Waals surface area contributed by atoms with Gasteiger partial charge in [0.05, 0.1) is 11.6 Å². The van der Waals surface area contributed by atoms with E-state index in [9.17, 15) is 0 Å². The lowest BCUT2D eigenvalue weighted by molar-refractivity contribution is 0.0680. The van der Waals surface area contributed by atoms with E-state index in [-0.39, 0.29) is 5.60 Å². The Bertz CT molecular complexity index is 277. The number of aromatic nitrogens is 2. The molecule has 2 heterocycles. The van der Waals surface area contributed by atoms with Gasteiger partial charge in [-0.15, -0.1) is 0 Å². The molecular formula is C9H12N2O. The van der Waals surface area contributed by atoms with Crippen molar-refractivity contribution in [3.05, 3.63) is 18.5 Å². The molecule has 1 aliphatic carbocycles. The molecule has 1 unspecified atom stereocenters. The molecule has 3 heteroatoms. The third-order valence-electron chi connectivity index (χ3n) is 2.98. The van der Waals surface area contributed by atoms with E-state index < -0.39 is 0 Å². The summed E-state index contributed by atoms with van der Waals surface area (Å²) in [5, 5.41) is 4.27. The summed E-state index contributed by atoms with van der Waals surface area (Å²) in [4.78, 5) is 0. The smallest absolute Gasteiger partial charge is 0.0908 e. The predicted molar refractivity (Wildman–Crippen MR) is 43.8 cm³/mol. The fraction of sp³-hybridized carbons (Fsp3) is 0.667. The Morgan fingerprint density at radius 3 is 3.08 bits per heavy atom. The van der Waals surface area contributed by atoms with Crippen LogP contribution in [0.25, 0.3) is 0 Å². The maximum absolute atomic E-state index is 5.73. The normalized spacial score (nSPS) is 31.2. The van der Waals surface area contributed by atoms with E-state index in [0.717, 1.165) is 13.0 Å². The number of hydrogen-bond acceptors (Lipinski definition) is 2. The van der Waals surface area contributed by atoms with Gasteiger partial charge in [0.25, 0.3) is 0 Å². The largest absolute Gasteiger partial charge is 0.373 e. The van der Waals surface area contributed by atoms with Gasteiger partial charge in [-0.05, 0) is 25.3 Å². The highest BCUT2D eigenvalue weighted by Crippen LogP contribution is 2.53. The van der Waals surface area contributed by atoms with Gasteiger partial charge in [-0.1, -0.05) is 0 Å². The van der Waals surface area contributed by atoms with Crippen molar-refractivity contribution < 1.29 is 4.74 Å². The first-order chi connectivity index (χ1) is 5.91. The molecule has 64 valence electrons. The Kier molecular flexibility index (Phi) is 1.17. The number of nitrogens with zero attached hydrogens (tertiary/aromatic N) is 2. The first-order valence-electron chi connectivity index (χ1n) is 4.54. The van der Waals surface area contributed by atoms with Crippen LogP contribution in [0.3, 0.4) is 0 Å². The fourth-order valence-corrected chi connectivity index (χ4v) is 2.17. The highest BCUT2D eigenvalue weighted by atomic mass is 16.5. The molecule has 0 bridgehead atoms. The second-order valence-corrected chi connectivity index (χ2v) is 3.70. The van der Waals surface area contributed by atoms with Crippen molar-refractivity contribution in [3.8, 4) is 0 Å². The fourth-order valence-electron chi connectivity index (χ4n) is 2.17. The molecule has 12 heavy (non-hydrogen) atoms. The van der Waals surface area contributed by atoms with Crippen LogP contribution in [0.1, 0.15) is 25.3 Å². The zero-order chi connectivity index (χ0) is 8.02. The van der Waals surface area contributed by atoms with Crippen molar-refractivity contribution >= 4 is 0 Å². The van der Waals surface area contributed by atoms with Crippen molar-refractivity contribution in [2.45, 2.75) is 30.9 Å². The SMILES string of the molecule is c1cnn(C2CCOC23CC3)c1. The third kappa shape index (κ3) is 0.771. The van der Waals surface area contributed by atoms with E-state index >= 15 is 0 Å². The van der Waals surface area contributed by atoms with E-state index in [1.165, 1.54) is 12.8 Å². The van der Waals surface area contributed by atoms with Gasteiger partial charge in [0, 0.05) is 19.0 Å². The molecule has 1 saturated heterocycles. The number of ether oxygens (including phenoxy) is 1. The molecule has 3 nitrogen and oxygen atoms in total. The molecular weight excluding hydrogens is 152 g/mol. The molecule has 1 saturated carbocycles. The Morgan fingerprint density at radius 2 is 2.42 bits per heavy atom. The average molecular weight is 164 g/mol. The van der Waals surface area contributed by atoms with Gasteiger partial charge in [-0.25, -0.2) is 0 Å². The van der Waals surface area contributed by atoms with Crippen LogP contribution in [0, 0.1) is 0 Å². The lowest BCUT2D eigenvalue weighted by atomic mass is 10.1. The Hall–Kier alpha value is -0.830. The summed E-state index contributed by atoms with van der Waals surface area (Å²) in [5.74, 6) is 0. The highest BCUT2D eigenvalue weighted by molar-refractivity contribution is 5.07. The van der Waals surface area contributed by atoms with Gasteiger partial charge in [-0.2, -0.15) is 5.10 Å². The predicted octanol–water partition coefficient (Wildman–Crippen LogP) is 1.38. The molecule has 2 aliphatic rings. The van der Waals surface area contributed by atoms with Crippen LogP contribution in [0.2, 0.25) is 0 Å². The lowest BCUT2D eigenvalue weighted by Crippen LogP contribution is -2.21. The Balaban J connectivity index is 1.93. The summed E-state index contributed by atoms with van der Waals surface area (Å²) in [5.41, 5.74) is 0.187. The van der Waals surface area contributed by atoms with Crippen LogP contribution >= 0.6 is 0 Å². The van der Waals surface area contributed by atoms with Gasteiger partial charge in [0.1, 0.15) is 0 Å². The first-order valence-corrected chi connectivity index (χ1v) is 4.54. The quantitative estimate of drug-likeness (QED) is 0.627. The van der Waals surface area contributed by atoms with E-state index in [0.29, 0.717) is 6.04 Å². The molecule has 0 N–H and O–H groups in total. The van der Waals surface area contributed by atoms with Crippen molar-refractivity contribution in [2.75, 3.05) is 6.61 Å². The molecule has 1 atom stereocenters. The third-order valence-corrected chi connectivity index (χ3v) is 2.98. The summed E-state index contributed by atoms with van der Waals surface area (Å²) >= 11 is 0. The van der Waals surface area contributed by atoms with Crippen LogP contribution in [0.5, 0.6) is 0 Å². The van der Waals surface area contributed by atoms with Gasteiger partial charge in [-0.3, -0.25) is 4.68 Å². The maximum Gasteiger partial charge on any atom is 0.0908 e. The van der Waals surface area contributed by atoms with E-state index in [4.69, 9.17) is 4.74 Å². The minimum Gasteiger partial charge on any atom is -0.373 e. The summed E-state index contributed by atoms with van der Waals surface area (Å²) in [7, 11) is 0. The number of rotatable bonds is 1. The van der Waals surface area contributed by atoms with Gasteiger partial charge in [0.2, 0.25) is 0 Å². The molecule has 0 radical (unpaired) electrons. The first kappa shape index (κ1) is 6.66. The van der Waals surface area contributed by atoms with Crippen LogP contribution in [0.4, 0.5) is 0 Å². The average Bonchev–Trinajstić information content (AvgIpc) is 2.51. The van der Waals surface area contributed by atoms with Gasteiger partial charge >= 0.3 is 0 Å². The zero-order valence-corrected chi connectivity index (χ0v) is 6.94. The van der Waals surface area contributed by atoms with Gasteiger partial charge in [0.15, 0.2) is 0 Å². The highest BCUT2D eigenvalue weighted by Gasteiger charge is 2.55. The van der Waals surface area contributed by atoms with E-state index in [1.807, 2.05) is 18.5 Å². The second-order valence-electron chi connectivity index (χ2n) is 3.70. The molecule has 2 fully saturated rings.